The number of hydrogen-bond donors (Lipinski definition) is 0. The van der Waals surface area contributed by atoms with Crippen molar-refractivity contribution in [1.29, 1.82) is 5.26 Å². The first kappa shape index (κ1) is 19.8. The topological polar surface area (TPSA) is 88.6 Å². The Balaban J connectivity index is 1.39. The number of anilines is 1. The fourth-order valence-electron chi connectivity index (χ4n) is 4.00. The van der Waals surface area contributed by atoms with Crippen LogP contribution in [0.15, 0.2) is 61.2 Å². The van der Waals surface area contributed by atoms with Crippen LogP contribution in [0.5, 0.6) is 11.6 Å². The van der Waals surface area contributed by atoms with E-state index in [-0.39, 0.29) is 6.10 Å². The Kier molecular flexibility index (Phi) is 5.30. The van der Waals surface area contributed by atoms with Gasteiger partial charge in [0, 0.05) is 42.6 Å². The van der Waals surface area contributed by atoms with Crippen molar-refractivity contribution >= 4 is 11.3 Å². The third-order valence-corrected chi connectivity index (χ3v) is 5.47. The molecule has 0 saturated carbocycles. The van der Waals surface area contributed by atoms with Gasteiger partial charge in [0.25, 0.3) is 0 Å². The molecule has 0 aliphatic carbocycles. The first-order chi connectivity index (χ1) is 15.7. The Morgan fingerprint density at radius 3 is 2.88 bits per heavy atom. The smallest absolute Gasteiger partial charge is 0.213 e. The summed E-state index contributed by atoms with van der Waals surface area (Å²) >= 11 is 0. The zero-order valence-corrected chi connectivity index (χ0v) is 17.7. The Morgan fingerprint density at radius 2 is 2.12 bits per heavy atom. The molecule has 0 N–H and O–H groups in total. The average molecular weight is 426 g/mol. The van der Waals surface area contributed by atoms with Crippen LogP contribution in [0, 0.1) is 11.3 Å². The van der Waals surface area contributed by atoms with Gasteiger partial charge in [-0.3, -0.25) is 0 Å². The van der Waals surface area contributed by atoms with E-state index in [1.807, 2.05) is 49.5 Å². The van der Waals surface area contributed by atoms with Crippen molar-refractivity contribution < 1.29 is 9.47 Å². The van der Waals surface area contributed by atoms with Crippen LogP contribution in [0.25, 0.3) is 16.6 Å². The minimum Gasteiger partial charge on any atom is -0.492 e. The minimum atomic E-state index is 0.0823. The summed E-state index contributed by atoms with van der Waals surface area (Å²) in [6, 6.07) is 13.9. The highest BCUT2D eigenvalue weighted by molar-refractivity contribution is 5.85. The van der Waals surface area contributed by atoms with Gasteiger partial charge in [0.15, 0.2) is 0 Å². The molecular weight excluding hydrogens is 404 g/mol. The van der Waals surface area contributed by atoms with E-state index in [0.29, 0.717) is 23.8 Å². The van der Waals surface area contributed by atoms with E-state index in [9.17, 15) is 5.26 Å². The molecule has 1 saturated heterocycles. The highest BCUT2D eigenvalue weighted by Gasteiger charge is 2.25. The largest absolute Gasteiger partial charge is 0.492 e. The molecular formula is C24H22N6O2. The summed E-state index contributed by atoms with van der Waals surface area (Å²) in [7, 11) is 0. The SMILES string of the molecule is CCOc1cc(-c2ccc(N3CCC(Oc4ccccn4)C3)nc2)c2c(C#N)cnn2c1. The van der Waals surface area contributed by atoms with E-state index >= 15 is 0 Å². The summed E-state index contributed by atoms with van der Waals surface area (Å²) in [5.41, 5.74) is 3.02. The van der Waals surface area contributed by atoms with E-state index in [2.05, 4.69) is 21.1 Å². The molecule has 1 fully saturated rings. The zero-order chi connectivity index (χ0) is 21.9. The van der Waals surface area contributed by atoms with Gasteiger partial charge in [0.1, 0.15) is 23.7 Å². The Bertz CT molecular complexity index is 1260. The fraction of sp³-hybridized carbons (Fsp3) is 0.250. The van der Waals surface area contributed by atoms with Crippen LogP contribution >= 0.6 is 0 Å². The number of nitrogens with zero attached hydrogens (tertiary/aromatic N) is 6. The molecule has 1 unspecified atom stereocenters. The van der Waals surface area contributed by atoms with Crippen molar-refractivity contribution in [3.63, 3.8) is 0 Å². The quantitative estimate of drug-likeness (QED) is 0.464. The summed E-state index contributed by atoms with van der Waals surface area (Å²) in [6.45, 7) is 4.11. The average Bonchev–Trinajstić information content (AvgIpc) is 3.46. The van der Waals surface area contributed by atoms with Crippen molar-refractivity contribution in [2.75, 3.05) is 24.6 Å². The van der Waals surface area contributed by atoms with Crippen molar-refractivity contribution in [3.05, 3.63) is 66.7 Å². The summed E-state index contributed by atoms with van der Waals surface area (Å²) in [6.07, 6.45) is 7.93. The number of rotatable bonds is 6. The van der Waals surface area contributed by atoms with E-state index in [1.165, 1.54) is 0 Å². The molecule has 0 radical (unpaired) electrons. The second kappa shape index (κ2) is 8.55. The maximum atomic E-state index is 9.51. The van der Waals surface area contributed by atoms with Crippen LogP contribution < -0.4 is 14.4 Å². The normalized spacial score (nSPS) is 15.6. The lowest BCUT2D eigenvalue weighted by atomic mass is 10.1. The number of ether oxygens (including phenoxy) is 2. The summed E-state index contributed by atoms with van der Waals surface area (Å²) in [5, 5.41) is 13.8. The molecule has 160 valence electrons. The van der Waals surface area contributed by atoms with Crippen LogP contribution in [-0.2, 0) is 0 Å². The molecule has 0 aromatic carbocycles. The Hall–Kier alpha value is -4.12. The second-order valence-corrected chi connectivity index (χ2v) is 7.53. The van der Waals surface area contributed by atoms with Gasteiger partial charge in [-0.05, 0) is 31.2 Å². The van der Waals surface area contributed by atoms with Crippen LogP contribution in [0.4, 0.5) is 5.82 Å². The molecule has 5 heterocycles. The molecule has 8 heteroatoms. The molecule has 1 aliphatic rings. The minimum absolute atomic E-state index is 0.0823. The van der Waals surface area contributed by atoms with E-state index in [1.54, 1.807) is 23.1 Å². The van der Waals surface area contributed by atoms with Gasteiger partial charge >= 0.3 is 0 Å². The predicted molar refractivity (Wildman–Crippen MR) is 120 cm³/mol. The van der Waals surface area contributed by atoms with E-state index in [4.69, 9.17) is 14.5 Å². The van der Waals surface area contributed by atoms with Gasteiger partial charge in [0.2, 0.25) is 5.88 Å². The summed E-state index contributed by atoms with van der Waals surface area (Å²) < 4.78 is 13.4. The van der Waals surface area contributed by atoms with Crippen LogP contribution in [0.1, 0.15) is 18.9 Å². The highest BCUT2D eigenvalue weighted by atomic mass is 16.5. The third-order valence-electron chi connectivity index (χ3n) is 5.47. The maximum Gasteiger partial charge on any atom is 0.213 e. The van der Waals surface area contributed by atoms with Gasteiger partial charge in [-0.25, -0.2) is 14.5 Å². The highest BCUT2D eigenvalue weighted by Crippen LogP contribution is 2.31. The lowest BCUT2D eigenvalue weighted by Gasteiger charge is -2.18. The van der Waals surface area contributed by atoms with Gasteiger partial charge in [-0.15, -0.1) is 0 Å². The second-order valence-electron chi connectivity index (χ2n) is 7.53. The summed E-state index contributed by atoms with van der Waals surface area (Å²) in [5.74, 6) is 2.24. The Labute approximate surface area is 185 Å². The van der Waals surface area contributed by atoms with Crippen LogP contribution in [0.2, 0.25) is 0 Å². The van der Waals surface area contributed by atoms with Gasteiger partial charge in [-0.1, -0.05) is 6.07 Å². The first-order valence-corrected chi connectivity index (χ1v) is 10.6. The fourth-order valence-corrected chi connectivity index (χ4v) is 4.00. The molecule has 8 nitrogen and oxygen atoms in total. The molecule has 0 spiro atoms. The lowest BCUT2D eigenvalue weighted by molar-refractivity contribution is 0.216. The lowest BCUT2D eigenvalue weighted by Crippen LogP contribution is -2.25. The van der Waals surface area contributed by atoms with Crippen molar-refractivity contribution in [1.82, 2.24) is 19.6 Å². The number of aromatic nitrogens is 4. The van der Waals surface area contributed by atoms with E-state index in [0.717, 1.165) is 42.0 Å². The number of fused-ring (bicyclic) bond motifs is 1. The first-order valence-electron chi connectivity index (χ1n) is 10.6. The molecule has 4 aromatic heterocycles. The maximum absolute atomic E-state index is 9.51. The monoisotopic (exact) mass is 426 g/mol. The van der Waals surface area contributed by atoms with E-state index < -0.39 is 0 Å². The molecule has 32 heavy (non-hydrogen) atoms. The standard InChI is InChI=1S/C24H22N6O2/c1-2-31-20-11-21(24-18(12-25)14-28-30(24)16-20)17-6-7-22(27-13-17)29-10-8-19(15-29)32-23-5-3-4-9-26-23/h3-7,9,11,13-14,16,19H,2,8,10,15H2,1H3. The number of nitriles is 1. The molecule has 0 amide bonds. The molecule has 0 bridgehead atoms. The molecule has 5 rings (SSSR count). The summed E-state index contributed by atoms with van der Waals surface area (Å²) in [4.78, 5) is 11.2. The van der Waals surface area contributed by atoms with Gasteiger partial charge in [0.05, 0.1) is 36.6 Å². The van der Waals surface area contributed by atoms with Crippen LogP contribution in [0.3, 0.4) is 0 Å². The number of hydrogen-bond acceptors (Lipinski definition) is 7. The van der Waals surface area contributed by atoms with Crippen LogP contribution in [-0.4, -0.2) is 45.4 Å². The predicted octanol–water partition coefficient (Wildman–Crippen LogP) is 3.72. The molecule has 1 aliphatic heterocycles. The van der Waals surface area contributed by atoms with Crippen molar-refractivity contribution in [2.24, 2.45) is 0 Å². The van der Waals surface area contributed by atoms with Gasteiger partial charge < -0.3 is 14.4 Å². The van der Waals surface area contributed by atoms with Crippen molar-refractivity contribution in [3.8, 4) is 28.8 Å². The molecule has 4 aromatic rings. The molecule has 1 atom stereocenters. The van der Waals surface area contributed by atoms with Gasteiger partial charge in [-0.2, -0.15) is 10.4 Å². The number of pyridine rings is 3. The Morgan fingerprint density at radius 1 is 1.19 bits per heavy atom. The van der Waals surface area contributed by atoms with Crippen molar-refractivity contribution in [2.45, 2.75) is 19.4 Å². The third kappa shape index (κ3) is 3.81. The zero-order valence-electron chi connectivity index (χ0n) is 17.7.